The lowest BCUT2D eigenvalue weighted by Crippen LogP contribution is -2.32. The van der Waals surface area contributed by atoms with Gasteiger partial charge in [0.25, 0.3) is 0 Å². The summed E-state index contributed by atoms with van der Waals surface area (Å²) in [4.78, 5) is 2.25. The lowest BCUT2D eigenvalue weighted by Gasteiger charge is -2.29. The van der Waals surface area contributed by atoms with E-state index in [-0.39, 0.29) is 0 Å². The molecule has 1 aliphatic heterocycles. The summed E-state index contributed by atoms with van der Waals surface area (Å²) in [5.74, 6) is 0.937. The lowest BCUT2D eigenvalue weighted by molar-refractivity contribution is 0.119. The molecule has 1 heterocycles. The molecule has 0 radical (unpaired) electrons. The zero-order valence-electron chi connectivity index (χ0n) is 15.1. The summed E-state index contributed by atoms with van der Waals surface area (Å²) in [5.41, 5.74) is 3.93. The van der Waals surface area contributed by atoms with Crippen LogP contribution in [0, 0.1) is 11.3 Å². The third-order valence-electron chi connectivity index (χ3n) is 4.68. The molecule has 1 atom stereocenters. The molecule has 1 aliphatic rings. The van der Waals surface area contributed by atoms with E-state index in [4.69, 9.17) is 10.00 Å². The SMILES string of the molecule is CCOc1ccccc1C1=CCN(CC(O)c2ccc(C#N)cc2)CC1. The fraction of sp³-hybridized carbons (Fsp3) is 0.318. The van der Waals surface area contributed by atoms with Crippen LogP contribution < -0.4 is 4.74 Å². The number of aliphatic hydroxyl groups is 1. The average molecular weight is 348 g/mol. The highest BCUT2D eigenvalue weighted by atomic mass is 16.5. The Morgan fingerprint density at radius 1 is 1.19 bits per heavy atom. The molecule has 134 valence electrons. The number of para-hydroxylation sites is 1. The Hall–Kier alpha value is -2.61. The first-order chi connectivity index (χ1) is 12.7. The molecular weight excluding hydrogens is 324 g/mol. The van der Waals surface area contributed by atoms with Crippen molar-refractivity contribution in [3.63, 3.8) is 0 Å². The summed E-state index contributed by atoms with van der Waals surface area (Å²) in [5, 5.41) is 19.3. The lowest BCUT2D eigenvalue weighted by atomic mass is 9.98. The zero-order chi connectivity index (χ0) is 18.4. The van der Waals surface area contributed by atoms with Crippen molar-refractivity contribution in [2.75, 3.05) is 26.2 Å². The Labute approximate surface area is 155 Å². The molecule has 2 aromatic carbocycles. The van der Waals surface area contributed by atoms with Gasteiger partial charge in [-0.2, -0.15) is 5.26 Å². The van der Waals surface area contributed by atoms with Crippen LogP contribution >= 0.6 is 0 Å². The van der Waals surface area contributed by atoms with Crippen LogP contribution in [0.25, 0.3) is 5.57 Å². The second-order valence-electron chi connectivity index (χ2n) is 6.42. The molecule has 2 aromatic rings. The first-order valence-electron chi connectivity index (χ1n) is 9.03. The summed E-state index contributed by atoms with van der Waals surface area (Å²) in [6, 6.07) is 17.4. The predicted octanol–water partition coefficient (Wildman–Crippen LogP) is 3.78. The maximum atomic E-state index is 10.5. The van der Waals surface area contributed by atoms with Crippen LogP contribution in [0.3, 0.4) is 0 Å². The molecule has 0 saturated heterocycles. The van der Waals surface area contributed by atoms with Crippen LogP contribution in [0.15, 0.2) is 54.6 Å². The maximum Gasteiger partial charge on any atom is 0.126 e. The van der Waals surface area contributed by atoms with Crippen molar-refractivity contribution in [1.29, 1.82) is 5.26 Å². The summed E-state index contributed by atoms with van der Waals surface area (Å²) in [6.45, 7) is 4.96. The van der Waals surface area contributed by atoms with Crippen LogP contribution in [0.5, 0.6) is 5.75 Å². The molecule has 0 spiro atoms. The van der Waals surface area contributed by atoms with Gasteiger partial charge in [-0.25, -0.2) is 0 Å². The minimum Gasteiger partial charge on any atom is -0.493 e. The molecule has 0 saturated carbocycles. The van der Waals surface area contributed by atoms with Crippen LogP contribution in [0.4, 0.5) is 0 Å². The molecule has 0 aliphatic carbocycles. The minimum atomic E-state index is -0.548. The van der Waals surface area contributed by atoms with Gasteiger partial charge in [0.1, 0.15) is 5.75 Å². The fourth-order valence-electron chi connectivity index (χ4n) is 3.26. The highest BCUT2D eigenvalue weighted by Crippen LogP contribution is 2.30. The molecule has 1 unspecified atom stereocenters. The number of nitriles is 1. The molecule has 0 aromatic heterocycles. The van der Waals surface area contributed by atoms with E-state index in [1.165, 1.54) is 11.1 Å². The minimum absolute atomic E-state index is 0.548. The summed E-state index contributed by atoms with van der Waals surface area (Å²) in [7, 11) is 0. The van der Waals surface area contributed by atoms with Gasteiger partial charge in [0.05, 0.1) is 24.3 Å². The van der Waals surface area contributed by atoms with E-state index in [1.807, 2.05) is 37.3 Å². The summed E-state index contributed by atoms with van der Waals surface area (Å²) >= 11 is 0. The predicted molar refractivity (Wildman–Crippen MR) is 103 cm³/mol. The normalized spacial score (nSPS) is 15.8. The first kappa shape index (κ1) is 18.2. The van der Waals surface area contributed by atoms with Crippen molar-refractivity contribution in [3.8, 4) is 11.8 Å². The monoisotopic (exact) mass is 348 g/mol. The summed E-state index contributed by atoms with van der Waals surface area (Å²) < 4.78 is 5.74. The van der Waals surface area contributed by atoms with E-state index in [0.29, 0.717) is 18.7 Å². The second-order valence-corrected chi connectivity index (χ2v) is 6.42. The Morgan fingerprint density at radius 2 is 1.96 bits per heavy atom. The Morgan fingerprint density at radius 3 is 2.62 bits per heavy atom. The molecule has 4 nitrogen and oxygen atoms in total. The molecule has 26 heavy (non-hydrogen) atoms. The first-order valence-corrected chi connectivity index (χ1v) is 9.03. The quantitative estimate of drug-likeness (QED) is 0.863. The number of β-amino-alcohol motifs (C(OH)–C–C–N with tert-alkyl or cyclic N) is 1. The standard InChI is InChI=1S/C22H24N2O2/c1-2-26-22-6-4-3-5-20(22)18-11-13-24(14-12-18)16-21(25)19-9-7-17(15-23)8-10-19/h3-11,21,25H,2,12-14,16H2,1H3. The van der Waals surface area contributed by atoms with Crippen molar-refractivity contribution in [3.05, 3.63) is 71.3 Å². The molecule has 0 bridgehead atoms. The van der Waals surface area contributed by atoms with Crippen LogP contribution in [0.2, 0.25) is 0 Å². The molecular formula is C22H24N2O2. The molecule has 0 fully saturated rings. The van der Waals surface area contributed by atoms with Gasteiger partial charge in [0.15, 0.2) is 0 Å². The third kappa shape index (κ3) is 4.32. The largest absolute Gasteiger partial charge is 0.493 e. The summed E-state index contributed by atoms with van der Waals surface area (Å²) in [6.07, 6.45) is 2.62. The van der Waals surface area contributed by atoms with Gasteiger partial charge < -0.3 is 9.84 Å². The number of hydrogen-bond acceptors (Lipinski definition) is 4. The molecule has 4 heteroatoms. The topological polar surface area (TPSA) is 56.5 Å². The number of nitrogens with zero attached hydrogens (tertiary/aromatic N) is 2. The van der Waals surface area contributed by atoms with Crippen LogP contribution in [-0.4, -0.2) is 36.2 Å². The van der Waals surface area contributed by atoms with Crippen molar-refractivity contribution in [2.24, 2.45) is 0 Å². The van der Waals surface area contributed by atoms with Crippen LogP contribution in [-0.2, 0) is 0 Å². The van der Waals surface area contributed by atoms with Gasteiger partial charge in [-0.3, -0.25) is 4.90 Å². The number of aliphatic hydroxyl groups excluding tert-OH is 1. The zero-order valence-corrected chi connectivity index (χ0v) is 15.1. The van der Waals surface area contributed by atoms with E-state index < -0.39 is 6.10 Å². The van der Waals surface area contributed by atoms with E-state index in [2.05, 4.69) is 23.1 Å². The van der Waals surface area contributed by atoms with Crippen molar-refractivity contribution in [2.45, 2.75) is 19.4 Å². The second kappa shape index (κ2) is 8.66. The average Bonchev–Trinajstić information content (AvgIpc) is 2.69. The van der Waals surface area contributed by atoms with Crippen molar-refractivity contribution >= 4 is 5.57 Å². The third-order valence-corrected chi connectivity index (χ3v) is 4.68. The van der Waals surface area contributed by atoms with E-state index in [0.717, 1.165) is 30.8 Å². The van der Waals surface area contributed by atoms with Crippen LogP contribution in [0.1, 0.15) is 36.1 Å². The number of hydrogen-bond donors (Lipinski definition) is 1. The smallest absolute Gasteiger partial charge is 0.126 e. The van der Waals surface area contributed by atoms with Crippen molar-refractivity contribution in [1.82, 2.24) is 4.90 Å². The molecule has 3 rings (SSSR count). The number of ether oxygens (including phenoxy) is 1. The van der Waals surface area contributed by atoms with Crippen molar-refractivity contribution < 1.29 is 9.84 Å². The Kier molecular flexibility index (Phi) is 6.06. The van der Waals surface area contributed by atoms with Gasteiger partial charge in [0.2, 0.25) is 0 Å². The van der Waals surface area contributed by atoms with Gasteiger partial charge in [0, 0.05) is 25.2 Å². The molecule has 1 N–H and O–H groups in total. The van der Waals surface area contributed by atoms with Gasteiger partial charge >= 0.3 is 0 Å². The maximum absolute atomic E-state index is 10.5. The fourth-order valence-corrected chi connectivity index (χ4v) is 3.26. The number of benzene rings is 2. The van der Waals surface area contributed by atoms with Gasteiger partial charge in [-0.1, -0.05) is 36.4 Å². The van der Waals surface area contributed by atoms with E-state index >= 15 is 0 Å². The molecule has 0 amide bonds. The van der Waals surface area contributed by atoms with Gasteiger partial charge in [-0.15, -0.1) is 0 Å². The Bertz CT molecular complexity index is 806. The highest BCUT2D eigenvalue weighted by Gasteiger charge is 2.18. The number of rotatable bonds is 6. The van der Waals surface area contributed by atoms with E-state index in [1.54, 1.807) is 12.1 Å². The highest BCUT2D eigenvalue weighted by molar-refractivity contribution is 5.71. The Balaban J connectivity index is 1.63. The van der Waals surface area contributed by atoms with E-state index in [9.17, 15) is 5.11 Å². The van der Waals surface area contributed by atoms with Gasteiger partial charge in [-0.05, 0) is 42.7 Å².